The number of oxime groups is 1. The third-order valence-corrected chi connectivity index (χ3v) is 5.00. The molecule has 1 aromatic rings. The van der Waals surface area contributed by atoms with E-state index in [1.54, 1.807) is 39.8 Å². The molecule has 0 radical (unpaired) electrons. The van der Waals surface area contributed by atoms with Crippen LogP contribution in [-0.2, 0) is 19.2 Å². The molecule has 1 aliphatic rings. The second-order valence-electron chi connectivity index (χ2n) is 5.75. The van der Waals surface area contributed by atoms with Gasteiger partial charge in [-0.1, -0.05) is 22.9 Å². The third kappa shape index (κ3) is 3.59. The molecule has 0 spiro atoms. The minimum Gasteiger partial charge on any atom is -0.290 e. The highest BCUT2D eigenvalue weighted by Gasteiger charge is 2.23. The first-order valence-electron chi connectivity index (χ1n) is 7.12. The lowest BCUT2D eigenvalue weighted by Gasteiger charge is -2.12. The Bertz CT molecular complexity index is 851. The number of hydrogen-bond donors (Lipinski definition) is 0. The Morgan fingerprint density at radius 2 is 1.48 bits per heavy atom. The first kappa shape index (κ1) is 17.1. The van der Waals surface area contributed by atoms with Crippen LogP contribution in [0.5, 0.6) is 0 Å². The van der Waals surface area contributed by atoms with E-state index in [0.717, 1.165) is 5.56 Å². The maximum Gasteiger partial charge on any atom is 0.359 e. The monoisotopic (exact) mass is 333 g/mol. The van der Waals surface area contributed by atoms with Crippen molar-refractivity contribution in [1.29, 1.82) is 0 Å². The topological polar surface area (TPSA) is 72.8 Å². The van der Waals surface area contributed by atoms with E-state index >= 15 is 0 Å². The quantitative estimate of drug-likeness (QED) is 0.629. The molecule has 0 N–H and O–H groups in total. The summed E-state index contributed by atoms with van der Waals surface area (Å²) in [7, 11) is -4.02. The van der Waals surface area contributed by atoms with Crippen LogP contribution in [0.25, 0.3) is 0 Å². The fourth-order valence-corrected chi connectivity index (χ4v) is 3.72. The first-order valence-corrected chi connectivity index (χ1v) is 8.53. The predicted octanol–water partition coefficient (Wildman–Crippen LogP) is 3.15. The zero-order valence-corrected chi connectivity index (χ0v) is 14.6. The van der Waals surface area contributed by atoms with E-state index in [2.05, 4.69) is 5.16 Å². The Morgan fingerprint density at radius 3 is 2.04 bits per heavy atom. The van der Waals surface area contributed by atoms with Crippen molar-refractivity contribution in [3.8, 4) is 0 Å². The number of carbonyl (C=O) groups excluding carboxylic acids is 1. The van der Waals surface area contributed by atoms with Crippen molar-refractivity contribution >= 4 is 21.6 Å². The van der Waals surface area contributed by atoms with Crippen molar-refractivity contribution in [1.82, 2.24) is 0 Å². The van der Waals surface area contributed by atoms with E-state index in [1.807, 2.05) is 6.92 Å². The average Bonchev–Trinajstić information content (AvgIpc) is 2.39. The molecule has 122 valence electrons. The summed E-state index contributed by atoms with van der Waals surface area (Å²) >= 11 is 0. The van der Waals surface area contributed by atoms with Crippen molar-refractivity contribution in [3.05, 3.63) is 52.1 Å². The summed E-state index contributed by atoms with van der Waals surface area (Å²) in [5, 5.41) is 3.73. The summed E-state index contributed by atoms with van der Waals surface area (Å²) < 4.78 is 29.8. The molecular formula is C17H19NO4S. The third-order valence-electron chi connectivity index (χ3n) is 3.58. The lowest BCUT2D eigenvalue weighted by Crippen LogP contribution is -2.13. The molecule has 6 heteroatoms. The van der Waals surface area contributed by atoms with Gasteiger partial charge in [-0.2, -0.15) is 8.42 Å². The van der Waals surface area contributed by atoms with Gasteiger partial charge in [-0.15, -0.1) is 0 Å². The smallest absolute Gasteiger partial charge is 0.290 e. The predicted molar refractivity (Wildman–Crippen MR) is 88.9 cm³/mol. The van der Waals surface area contributed by atoms with Crippen LogP contribution in [-0.4, -0.2) is 19.9 Å². The highest BCUT2D eigenvalue weighted by Crippen LogP contribution is 2.24. The number of ketones is 1. The molecule has 0 saturated heterocycles. The molecule has 0 aliphatic heterocycles. The molecule has 5 nitrogen and oxygen atoms in total. The molecule has 0 atom stereocenters. The van der Waals surface area contributed by atoms with Crippen LogP contribution >= 0.6 is 0 Å². The van der Waals surface area contributed by atoms with Crippen LogP contribution in [0.4, 0.5) is 0 Å². The second kappa shape index (κ2) is 6.12. The Kier molecular flexibility index (Phi) is 4.56. The molecule has 1 aliphatic carbocycles. The zero-order chi connectivity index (χ0) is 17.4. The molecule has 0 saturated carbocycles. The van der Waals surface area contributed by atoms with Gasteiger partial charge < -0.3 is 0 Å². The molecule has 0 aromatic heterocycles. The highest BCUT2D eigenvalue weighted by atomic mass is 32.2. The fourth-order valence-electron chi connectivity index (χ4n) is 2.56. The van der Waals surface area contributed by atoms with Crippen LogP contribution < -0.4 is 0 Å². The van der Waals surface area contributed by atoms with Gasteiger partial charge in [0, 0.05) is 0 Å². The summed E-state index contributed by atoms with van der Waals surface area (Å²) in [6.45, 7) is 8.66. The SMILES string of the molecule is CC1=CC(=NOS(=O)(=O)c2c(C)cc(C)cc2C)C(C)=CC1=O. The molecule has 0 amide bonds. The van der Waals surface area contributed by atoms with Gasteiger partial charge in [-0.25, -0.2) is 0 Å². The minimum atomic E-state index is -4.02. The van der Waals surface area contributed by atoms with Crippen LogP contribution in [0, 0.1) is 20.8 Å². The number of hydrogen-bond acceptors (Lipinski definition) is 5. The molecule has 0 unspecified atom stereocenters. The Labute approximate surface area is 136 Å². The summed E-state index contributed by atoms with van der Waals surface area (Å²) in [4.78, 5) is 11.7. The van der Waals surface area contributed by atoms with Gasteiger partial charge in [0.15, 0.2) is 5.78 Å². The van der Waals surface area contributed by atoms with Gasteiger partial charge in [0.1, 0.15) is 10.6 Å². The molecule has 0 bridgehead atoms. The van der Waals surface area contributed by atoms with E-state index in [-0.39, 0.29) is 10.7 Å². The number of carbonyl (C=O) groups is 1. The maximum absolute atomic E-state index is 12.4. The number of allylic oxidation sites excluding steroid dienone is 4. The van der Waals surface area contributed by atoms with Crippen molar-refractivity contribution in [2.45, 2.75) is 39.5 Å². The fraction of sp³-hybridized carbons (Fsp3) is 0.294. The summed E-state index contributed by atoms with van der Waals surface area (Å²) in [5.74, 6) is -0.116. The van der Waals surface area contributed by atoms with Crippen LogP contribution in [0.3, 0.4) is 0 Å². The number of aryl methyl sites for hydroxylation is 3. The summed E-state index contributed by atoms with van der Waals surface area (Å²) in [6.07, 6.45) is 2.93. The molecule has 1 aromatic carbocycles. The number of benzene rings is 1. The largest absolute Gasteiger partial charge is 0.359 e. The minimum absolute atomic E-state index is 0.116. The molecule has 23 heavy (non-hydrogen) atoms. The molecular weight excluding hydrogens is 314 g/mol. The van der Waals surface area contributed by atoms with Crippen molar-refractivity contribution in [3.63, 3.8) is 0 Å². The van der Waals surface area contributed by atoms with E-state index in [4.69, 9.17) is 4.28 Å². The van der Waals surface area contributed by atoms with E-state index in [1.165, 1.54) is 12.2 Å². The zero-order valence-electron chi connectivity index (χ0n) is 13.8. The van der Waals surface area contributed by atoms with Crippen LogP contribution in [0.2, 0.25) is 0 Å². The van der Waals surface area contributed by atoms with E-state index in [0.29, 0.717) is 28.0 Å². The van der Waals surface area contributed by atoms with Gasteiger partial charge in [-0.05, 0) is 69.0 Å². The van der Waals surface area contributed by atoms with E-state index < -0.39 is 10.1 Å². The number of rotatable bonds is 3. The number of nitrogens with zero attached hydrogens (tertiary/aromatic N) is 1. The lowest BCUT2D eigenvalue weighted by atomic mass is 9.99. The standard InChI is InChI=1S/C17H19NO4S/c1-10-6-13(4)17(14(5)7-10)23(20,21)22-18-15-8-12(3)16(19)9-11(15)2/h6-9H,1-5H3. The highest BCUT2D eigenvalue weighted by molar-refractivity contribution is 7.86. The van der Waals surface area contributed by atoms with Crippen LogP contribution in [0.15, 0.2) is 45.5 Å². The lowest BCUT2D eigenvalue weighted by molar-refractivity contribution is -0.111. The van der Waals surface area contributed by atoms with Crippen molar-refractivity contribution in [2.24, 2.45) is 5.16 Å². The van der Waals surface area contributed by atoms with Crippen LogP contribution in [0.1, 0.15) is 30.5 Å². The van der Waals surface area contributed by atoms with Crippen molar-refractivity contribution in [2.75, 3.05) is 0 Å². The van der Waals surface area contributed by atoms with Gasteiger partial charge >= 0.3 is 10.1 Å². The van der Waals surface area contributed by atoms with Gasteiger partial charge in [0.25, 0.3) is 0 Å². The summed E-state index contributed by atoms with van der Waals surface area (Å²) in [5.41, 5.74) is 3.58. The van der Waals surface area contributed by atoms with Crippen molar-refractivity contribution < 1.29 is 17.5 Å². The Morgan fingerprint density at radius 1 is 0.913 bits per heavy atom. The second-order valence-corrected chi connectivity index (χ2v) is 7.22. The first-order chi connectivity index (χ1) is 10.6. The van der Waals surface area contributed by atoms with Gasteiger partial charge in [0.2, 0.25) is 0 Å². The molecule has 0 fully saturated rings. The van der Waals surface area contributed by atoms with Gasteiger partial charge in [0.05, 0.1) is 0 Å². The van der Waals surface area contributed by atoms with E-state index in [9.17, 15) is 13.2 Å². The normalized spacial score (nSPS) is 17.1. The average molecular weight is 333 g/mol. The maximum atomic E-state index is 12.4. The molecule has 2 rings (SSSR count). The Balaban J connectivity index is 2.39. The van der Waals surface area contributed by atoms with Gasteiger partial charge in [-0.3, -0.25) is 9.08 Å². The summed E-state index contributed by atoms with van der Waals surface area (Å²) in [6, 6.07) is 3.57. The molecule has 0 heterocycles. The Hall–Kier alpha value is -2.21.